The second-order valence-corrected chi connectivity index (χ2v) is 9.37. The molecule has 5 rings (SSSR count). The van der Waals surface area contributed by atoms with E-state index in [0.29, 0.717) is 35.6 Å². The molecular formula is C25H28F3N7O2. The summed E-state index contributed by atoms with van der Waals surface area (Å²) < 4.78 is 46.2. The number of aromatic nitrogens is 4. The Balaban J connectivity index is 1.35. The predicted octanol–water partition coefficient (Wildman–Crippen LogP) is 3.51. The first-order valence-corrected chi connectivity index (χ1v) is 12.2. The largest absolute Gasteiger partial charge is 0.496 e. The highest BCUT2D eigenvalue weighted by Gasteiger charge is 2.39. The molecule has 12 heteroatoms. The number of likely N-dealkylation sites (tertiary alicyclic amines) is 1. The van der Waals surface area contributed by atoms with E-state index in [-0.39, 0.29) is 29.7 Å². The van der Waals surface area contributed by atoms with Gasteiger partial charge in [-0.1, -0.05) is 30.3 Å². The van der Waals surface area contributed by atoms with Crippen molar-refractivity contribution in [2.24, 2.45) is 0 Å². The smallest absolute Gasteiger partial charge is 0.453 e. The molecule has 3 aromatic rings. The number of methoxy groups -OCH3 is 1. The van der Waals surface area contributed by atoms with Crippen LogP contribution in [-0.2, 0) is 12.7 Å². The molecule has 1 aliphatic heterocycles. The Labute approximate surface area is 212 Å². The van der Waals surface area contributed by atoms with E-state index >= 15 is 0 Å². The molecule has 37 heavy (non-hydrogen) atoms. The first-order valence-electron chi connectivity index (χ1n) is 12.2. The van der Waals surface area contributed by atoms with Gasteiger partial charge in [-0.05, 0) is 53.5 Å². The number of carbonyl (C=O) groups excluding carboxylic acids is 1. The lowest BCUT2D eigenvalue weighted by Gasteiger charge is -2.39. The predicted molar refractivity (Wildman–Crippen MR) is 128 cm³/mol. The number of amides is 2. The van der Waals surface area contributed by atoms with Crippen molar-refractivity contribution in [3.63, 3.8) is 0 Å². The molecule has 2 aliphatic rings. The number of rotatable bonds is 7. The number of urea groups is 1. The molecule has 1 aliphatic carbocycles. The van der Waals surface area contributed by atoms with Gasteiger partial charge in [0.25, 0.3) is 5.82 Å². The number of hydrogen-bond donors (Lipinski definition) is 2. The van der Waals surface area contributed by atoms with E-state index in [2.05, 4.69) is 38.3 Å². The fourth-order valence-corrected chi connectivity index (χ4v) is 4.73. The second kappa shape index (κ2) is 10.4. The molecule has 0 spiro atoms. The molecule has 1 saturated carbocycles. The summed E-state index contributed by atoms with van der Waals surface area (Å²) in [5.41, 5.74) is 1.97. The van der Waals surface area contributed by atoms with Gasteiger partial charge in [0.05, 0.1) is 12.8 Å². The molecular weight excluding hydrogens is 487 g/mol. The van der Waals surface area contributed by atoms with Gasteiger partial charge in [-0.15, -0.1) is 5.10 Å². The third-order valence-electron chi connectivity index (χ3n) is 6.82. The molecule has 2 heterocycles. The lowest BCUT2D eigenvalue weighted by molar-refractivity contribution is -0.146. The average molecular weight is 516 g/mol. The van der Waals surface area contributed by atoms with Crippen LogP contribution in [0.3, 0.4) is 0 Å². The van der Waals surface area contributed by atoms with Gasteiger partial charge in [-0.2, -0.15) is 17.9 Å². The number of benzene rings is 2. The monoisotopic (exact) mass is 515 g/mol. The zero-order valence-corrected chi connectivity index (χ0v) is 20.3. The average Bonchev–Trinajstić information content (AvgIpc) is 3.56. The lowest BCUT2D eigenvalue weighted by atomic mass is 9.86. The normalized spacial score (nSPS) is 20.1. The number of tetrazole rings is 1. The van der Waals surface area contributed by atoms with Crippen LogP contribution in [0.4, 0.5) is 18.0 Å². The summed E-state index contributed by atoms with van der Waals surface area (Å²) in [6.07, 6.45) is -1.90. The van der Waals surface area contributed by atoms with E-state index in [1.165, 1.54) is 13.2 Å². The molecule has 0 unspecified atom stereocenters. The first-order chi connectivity index (χ1) is 17.8. The fourth-order valence-electron chi connectivity index (χ4n) is 4.73. The van der Waals surface area contributed by atoms with E-state index < -0.39 is 12.0 Å². The fraction of sp³-hybridized carbons (Fsp3) is 0.440. The highest BCUT2D eigenvalue weighted by atomic mass is 19.4. The Morgan fingerprint density at radius 3 is 2.62 bits per heavy atom. The third-order valence-corrected chi connectivity index (χ3v) is 6.82. The molecule has 0 bridgehead atoms. The van der Waals surface area contributed by atoms with Crippen molar-refractivity contribution in [3.8, 4) is 11.4 Å². The van der Waals surface area contributed by atoms with Crippen LogP contribution in [0.25, 0.3) is 5.69 Å². The molecule has 196 valence electrons. The second-order valence-electron chi connectivity index (χ2n) is 9.37. The zero-order chi connectivity index (χ0) is 26.0. The van der Waals surface area contributed by atoms with Crippen LogP contribution in [0.15, 0.2) is 48.5 Å². The summed E-state index contributed by atoms with van der Waals surface area (Å²) in [6, 6.07) is 15.0. The Bertz CT molecular complexity index is 1230. The Morgan fingerprint density at radius 1 is 1.14 bits per heavy atom. The van der Waals surface area contributed by atoms with Crippen LogP contribution >= 0.6 is 0 Å². The van der Waals surface area contributed by atoms with Crippen molar-refractivity contribution < 1.29 is 22.7 Å². The molecule has 2 N–H and O–H groups in total. The zero-order valence-electron chi connectivity index (χ0n) is 20.3. The highest BCUT2D eigenvalue weighted by molar-refractivity contribution is 5.75. The number of nitrogens with one attached hydrogen (secondary N) is 2. The van der Waals surface area contributed by atoms with E-state index in [4.69, 9.17) is 4.74 Å². The summed E-state index contributed by atoms with van der Waals surface area (Å²) in [4.78, 5) is 14.6. The van der Waals surface area contributed by atoms with Crippen molar-refractivity contribution in [1.82, 2.24) is 35.7 Å². The van der Waals surface area contributed by atoms with Crippen LogP contribution in [-0.4, -0.2) is 63.4 Å². The summed E-state index contributed by atoms with van der Waals surface area (Å²) >= 11 is 0. The number of ether oxygens (including phenoxy) is 1. The number of carbonyl (C=O) groups is 1. The van der Waals surface area contributed by atoms with Crippen molar-refractivity contribution in [3.05, 3.63) is 65.5 Å². The standard InChI is InChI=1S/C25H28F3N7O2/c1-37-22-10-9-19(35-23(25(26,27)28)31-32-33-35)13-17(22)14-29-21-11-12-34(24(36)30-18-7-8-18)15-20(21)16-5-3-2-4-6-16/h2-6,9-10,13,18,20-21,29H,7-8,11-12,14-15H2,1H3,(H,30,36)/t20-,21-/m0/s1. The van der Waals surface area contributed by atoms with Crippen LogP contribution in [0.1, 0.15) is 42.1 Å². The van der Waals surface area contributed by atoms with Crippen molar-refractivity contribution in [2.45, 2.75) is 50.0 Å². The summed E-state index contributed by atoms with van der Waals surface area (Å²) in [5.74, 6) is -0.613. The van der Waals surface area contributed by atoms with Gasteiger partial charge in [0, 0.05) is 43.2 Å². The van der Waals surface area contributed by atoms with Gasteiger partial charge in [0.2, 0.25) is 0 Å². The molecule has 2 amide bonds. The quantitative estimate of drug-likeness (QED) is 0.500. The number of halogens is 3. The molecule has 1 aromatic heterocycles. The molecule has 1 saturated heterocycles. The number of alkyl halides is 3. The van der Waals surface area contributed by atoms with Crippen molar-refractivity contribution in [2.75, 3.05) is 20.2 Å². The third kappa shape index (κ3) is 5.68. The van der Waals surface area contributed by atoms with Crippen LogP contribution in [0, 0.1) is 0 Å². The Kier molecular flexibility index (Phi) is 7.00. The van der Waals surface area contributed by atoms with Gasteiger partial charge in [-0.3, -0.25) is 0 Å². The molecule has 9 nitrogen and oxygen atoms in total. The summed E-state index contributed by atoms with van der Waals surface area (Å²) in [7, 11) is 1.51. The Hall–Kier alpha value is -3.67. The molecule has 2 aromatic carbocycles. The maximum Gasteiger partial charge on any atom is 0.453 e. The highest BCUT2D eigenvalue weighted by Crippen LogP contribution is 2.31. The molecule has 0 radical (unpaired) electrons. The topological polar surface area (TPSA) is 97.2 Å². The van der Waals surface area contributed by atoms with E-state index in [0.717, 1.165) is 24.8 Å². The minimum Gasteiger partial charge on any atom is -0.496 e. The lowest BCUT2D eigenvalue weighted by Crippen LogP contribution is -2.52. The van der Waals surface area contributed by atoms with E-state index in [1.807, 2.05) is 23.1 Å². The minimum atomic E-state index is -4.69. The van der Waals surface area contributed by atoms with Gasteiger partial charge in [0.1, 0.15) is 5.75 Å². The maximum atomic E-state index is 13.3. The van der Waals surface area contributed by atoms with Gasteiger partial charge >= 0.3 is 12.2 Å². The van der Waals surface area contributed by atoms with Crippen molar-refractivity contribution >= 4 is 6.03 Å². The van der Waals surface area contributed by atoms with E-state index in [1.54, 1.807) is 12.1 Å². The van der Waals surface area contributed by atoms with Gasteiger partial charge in [0.15, 0.2) is 0 Å². The SMILES string of the molecule is COc1ccc(-n2nnnc2C(F)(F)F)cc1CN[C@H]1CCN(C(=O)NC2CC2)C[C@H]1c1ccccc1. The molecule has 2 atom stereocenters. The van der Waals surface area contributed by atoms with E-state index in [9.17, 15) is 18.0 Å². The number of piperidine rings is 1. The van der Waals surface area contributed by atoms with Crippen molar-refractivity contribution in [1.29, 1.82) is 0 Å². The van der Waals surface area contributed by atoms with Gasteiger partial charge in [-0.25, -0.2) is 4.79 Å². The summed E-state index contributed by atoms with van der Waals surface area (Å²) in [5, 5.41) is 16.5. The van der Waals surface area contributed by atoms with Crippen LogP contribution in [0.5, 0.6) is 5.75 Å². The minimum absolute atomic E-state index is 0.0295. The van der Waals surface area contributed by atoms with Gasteiger partial charge < -0.3 is 20.3 Å². The first kappa shape index (κ1) is 25.0. The van der Waals surface area contributed by atoms with Crippen LogP contribution < -0.4 is 15.4 Å². The number of nitrogens with zero attached hydrogens (tertiary/aromatic N) is 5. The Morgan fingerprint density at radius 2 is 1.92 bits per heavy atom. The number of hydrogen-bond acceptors (Lipinski definition) is 6. The summed E-state index contributed by atoms with van der Waals surface area (Å²) in [6.45, 7) is 1.52. The maximum absolute atomic E-state index is 13.3. The van der Waals surface area contributed by atoms with Crippen LogP contribution in [0.2, 0.25) is 0 Å². The molecule has 2 fully saturated rings.